The van der Waals surface area contributed by atoms with E-state index in [0.717, 1.165) is 12.5 Å². The van der Waals surface area contributed by atoms with Crippen LogP contribution >= 0.6 is 11.6 Å². The summed E-state index contributed by atoms with van der Waals surface area (Å²) < 4.78 is 0. The fourth-order valence-electron chi connectivity index (χ4n) is 2.79. The summed E-state index contributed by atoms with van der Waals surface area (Å²) in [5, 5.41) is 3.70. The Morgan fingerprint density at radius 1 is 1.17 bits per heavy atom. The van der Waals surface area contributed by atoms with Crippen LogP contribution in [0, 0.1) is 5.92 Å². The molecule has 1 aliphatic rings. The van der Waals surface area contributed by atoms with Crippen molar-refractivity contribution in [2.24, 2.45) is 5.92 Å². The van der Waals surface area contributed by atoms with Crippen molar-refractivity contribution in [2.45, 2.75) is 44.6 Å². The molecule has 18 heavy (non-hydrogen) atoms. The van der Waals surface area contributed by atoms with Gasteiger partial charge in [-0.2, -0.15) is 0 Å². The zero-order valence-corrected chi connectivity index (χ0v) is 12.0. The predicted octanol–water partition coefficient (Wildman–Crippen LogP) is 4.31. The zero-order chi connectivity index (χ0) is 12.8. The molecule has 0 aromatic heterocycles. The van der Waals surface area contributed by atoms with Gasteiger partial charge in [-0.15, -0.1) is 11.6 Å². The summed E-state index contributed by atoms with van der Waals surface area (Å²) in [5.74, 6) is 1.45. The standard InChI is InChI=1S/C16H24ClN/c1-16(13-17,15-10-6-3-7-11-15)18-12-14-8-4-2-5-9-14/h3,6-7,10-11,14,18H,2,4-5,8-9,12-13H2,1H3. The highest BCUT2D eigenvalue weighted by molar-refractivity contribution is 6.18. The lowest BCUT2D eigenvalue weighted by atomic mass is 9.87. The average molecular weight is 266 g/mol. The Morgan fingerprint density at radius 3 is 2.44 bits per heavy atom. The third kappa shape index (κ3) is 3.49. The molecule has 0 amide bonds. The second-order valence-electron chi connectivity index (χ2n) is 5.72. The van der Waals surface area contributed by atoms with E-state index in [0.29, 0.717) is 5.88 Å². The molecule has 1 atom stereocenters. The Bertz CT molecular complexity index is 345. The molecule has 1 aromatic carbocycles. The minimum Gasteiger partial charge on any atom is -0.306 e. The topological polar surface area (TPSA) is 12.0 Å². The molecule has 1 fully saturated rings. The lowest BCUT2D eigenvalue weighted by Crippen LogP contribution is -2.44. The van der Waals surface area contributed by atoms with Gasteiger partial charge in [0.2, 0.25) is 0 Å². The Balaban J connectivity index is 1.95. The predicted molar refractivity (Wildman–Crippen MR) is 79.1 cm³/mol. The van der Waals surface area contributed by atoms with Gasteiger partial charge >= 0.3 is 0 Å². The highest BCUT2D eigenvalue weighted by atomic mass is 35.5. The van der Waals surface area contributed by atoms with Crippen molar-refractivity contribution < 1.29 is 0 Å². The third-order valence-corrected chi connectivity index (χ3v) is 4.72. The van der Waals surface area contributed by atoms with Crippen LogP contribution in [0.15, 0.2) is 30.3 Å². The van der Waals surface area contributed by atoms with Crippen LogP contribution in [0.25, 0.3) is 0 Å². The van der Waals surface area contributed by atoms with E-state index < -0.39 is 0 Å². The van der Waals surface area contributed by atoms with Crippen molar-refractivity contribution >= 4 is 11.6 Å². The van der Waals surface area contributed by atoms with Crippen LogP contribution in [0.1, 0.15) is 44.6 Å². The van der Waals surface area contributed by atoms with Crippen molar-refractivity contribution in [3.8, 4) is 0 Å². The highest BCUT2D eigenvalue weighted by Gasteiger charge is 2.26. The molecule has 100 valence electrons. The third-order valence-electron chi connectivity index (χ3n) is 4.18. The fourth-order valence-corrected chi connectivity index (χ4v) is 3.04. The van der Waals surface area contributed by atoms with Crippen molar-refractivity contribution in [3.63, 3.8) is 0 Å². The summed E-state index contributed by atoms with van der Waals surface area (Å²) in [4.78, 5) is 0. The molecule has 1 nitrogen and oxygen atoms in total. The molecule has 0 aliphatic heterocycles. The minimum absolute atomic E-state index is 0.0970. The summed E-state index contributed by atoms with van der Waals surface area (Å²) >= 11 is 6.20. The van der Waals surface area contributed by atoms with E-state index in [-0.39, 0.29) is 5.54 Å². The van der Waals surface area contributed by atoms with E-state index >= 15 is 0 Å². The number of hydrogen-bond acceptors (Lipinski definition) is 1. The molecule has 1 aromatic rings. The first-order valence-electron chi connectivity index (χ1n) is 7.11. The summed E-state index contributed by atoms with van der Waals surface area (Å²) in [7, 11) is 0. The molecule has 0 bridgehead atoms. The maximum absolute atomic E-state index is 6.20. The molecule has 2 heteroatoms. The molecular weight excluding hydrogens is 242 g/mol. The number of hydrogen-bond donors (Lipinski definition) is 1. The van der Waals surface area contributed by atoms with Crippen LogP contribution in [0.4, 0.5) is 0 Å². The van der Waals surface area contributed by atoms with Crippen LogP contribution in [0.3, 0.4) is 0 Å². The second kappa shape index (κ2) is 6.58. The van der Waals surface area contributed by atoms with E-state index in [2.05, 4.69) is 42.6 Å². The number of alkyl halides is 1. The Morgan fingerprint density at radius 2 is 1.83 bits per heavy atom. The molecule has 0 spiro atoms. The van der Waals surface area contributed by atoms with Gasteiger partial charge in [0.25, 0.3) is 0 Å². The van der Waals surface area contributed by atoms with Crippen molar-refractivity contribution in [1.29, 1.82) is 0 Å². The normalized spacial score (nSPS) is 20.6. The van der Waals surface area contributed by atoms with E-state index in [4.69, 9.17) is 11.6 Å². The van der Waals surface area contributed by atoms with Crippen LogP contribution in [0.2, 0.25) is 0 Å². The first-order valence-corrected chi connectivity index (χ1v) is 7.64. The van der Waals surface area contributed by atoms with Crippen molar-refractivity contribution in [2.75, 3.05) is 12.4 Å². The molecule has 1 aliphatic carbocycles. The number of benzene rings is 1. The van der Waals surface area contributed by atoms with Gasteiger partial charge in [0.05, 0.1) is 5.54 Å². The van der Waals surface area contributed by atoms with Crippen LogP contribution in [-0.4, -0.2) is 12.4 Å². The number of rotatable bonds is 5. The van der Waals surface area contributed by atoms with Gasteiger partial charge in [-0.3, -0.25) is 0 Å². The SMILES string of the molecule is CC(CCl)(NCC1CCCCC1)c1ccccc1. The fraction of sp³-hybridized carbons (Fsp3) is 0.625. The maximum Gasteiger partial charge on any atom is 0.0543 e. The quantitative estimate of drug-likeness (QED) is 0.783. The lowest BCUT2D eigenvalue weighted by Gasteiger charge is -2.32. The molecule has 1 unspecified atom stereocenters. The molecule has 2 rings (SSSR count). The molecule has 0 heterocycles. The van der Waals surface area contributed by atoms with E-state index in [1.165, 1.54) is 37.7 Å². The Hall–Kier alpha value is -0.530. The van der Waals surface area contributed by atoms with Crippen LogP contribution in [-0.2, 0) is 5.54 Å². The molecule has 0 radical (unpaired) electrons. The van der Waals surface area contributed by atoms with E-state index in [9.17, 15) is 0 Å². The second-order valence-corrected chi connectivity index (χ2v) is 5.98. The van der Waals surface area contributed by atoms with Gasteiger partial charge in [0.1, 0.15) is 0 Å². The van der Waals surface area contributed by atoms with E-state index in [1.54, 1.807) is 0 Å². The maximum atomic E-state index is 6.20. The summed E-state index contributed by atoms with van der Waals surface area (Å²) in [6.07, 6.45) is 6.97. The van der Waals surface area contributed by atoms with Crippen molar-refractivity contribution in [1.82, 2.24) is 5.32 Å². The Kier molecular flexibility index (Phi) is 5.08. The summed E-state index contributed by atoms with van der Waals surface area (Å²) in [6.45, 7) is 3.30. The zero-order valence-electron chi connectivity index (χ0n) is 11.3. The van der Waals surface area contributed by atoms with Gasteiger partial charge in [-0.25, -0.2) is 0 Å². The van der Waals surface area contributed by atoms with Crippen molar-refractivity contribution in [3.05, 3.63) is 35.9 Å². The molecule has 1 saturated carbocycles. The van der Waals surface area contributed by atoms with E-state index in [1.807, 2.05) is 0 Å². The summed E-state index contributed by atoms with van der Waals surface area (Å²) in [5.41, 5.74) is 1.19. The molecule has 0 saturated heterocycles. The van der Waals surface area contributed by atoms with Gasteiger partial charge in [0, 0.05) is 5.88 Å². The highest BCUT2D eigenvalue weighted by Crippen LogP contribution is 2.26. The number of halogens is 1. The van der Waals surface area contributed by atoms with Gasteiger partial charge in [-0.05, 0) is 37.8 Å². The first kappa shape index (κ1) is 13.9. The smallest absolute Gasteiger partial charge is 0.0543 e. The Labute approximate surface area is 116 Å². The number of nitrogens with one attached hydrogen (secondary N) is 1. The monoisotopic (exact) mass is 265 g/mol. The van der Waals surface area contributed by atoms with Gasteiger partial charge in [0.15, 0.2) is 0 Å². The van der Waals surface area contributed by atoms with Gasteiger partial charge < -0.3 is 5.32 Å². The average Bonchev–Trinajstić information content (AvgIpc) is 2.47. The molecular formula is C16H24ClN. The van der Waals surface area contributed by atoms with Gasteiger partial charge in [-0.1, -0.05) is 49.6 Å². The van der Waals surface area contributed by atoms with Crippen LogP contribution in [0.5, 0.6) is 0 Å². The minimum atomic E-state index is -0.0970. The molecule has 1 N–H and O–H groups in total. The van der Waals surface area contributed by atoms with Crippen LogP contribution < -0.4 is 5.32 Å². The lowest BCUT2D eigenvalue weighted by molar-refractivity contribution is 0.298. The first-order chi connectivity index (χ1) is 8.74. The summed E-state index contributed by atoms with van der Waals surface area (Å²) in [6, 6.07) is 10.6. The largest absolute Gasteiger partial charge is 0.306 e.